The number of hydrogen-bond donors (Lipinski definition) is 1. The molecule has 0 radical (unpaired) electrons. The van der Waals surface area contributed by atoms with Crippen molar-refractivity contribution >= 4 is 34.6 Å². The predicted octanol–water partition coefficient (Wildman–Crippen LogP) is 4.76. The van der Waals surface area contributed by atoms with Gasteiger partial charge in [0.25, 0.3) is 5.84 Å². The van der Waals surface area contributed by atoms with Crippen molar-refractivity contribution in [3.8, 4) is 11.4 Å². The van der Waals surface area contributed by atoms with Gasteiger partial charge in [-0.2, -0.15) is 10.8 Å². The zero-order chi connectivity index (χ0) is 24.2. The molecule has 1 aromatic carbocycles. The molecule has 1 fully saturated rings. The maximum absolute atomic E-state index is 6.97. The number of hydrogen-bond acceptors (Lipinski definition) is 6. The summed E-state index contributed by atoms with van der Waals surface area (Å²) in [5.41, 5.74) is 5.18. The molecule has 0 spiro atoms. The third-order valence-electron chi connectivity index (χ3n) is 7.01. The molecule has 2 aromatic heterocycles. The Labute approximate surface area is 209 Å². The van der Waals surface area contributed by atoms with Crippen LogP contribution in [0.5, 0.6) is 0 Å². The van der Waals surface area contributed by atoms with Crippen LogP contribution in [-0.4, -0.2) is 52.2 Å². The van der Waals surface area contributed by atoms with E-state index in [-0.39, 0.29) is 4.59 Å². The van der Waals surface area contributed by atoms with E-state index in [4.69, 9.17) is 27.4 Å². The predicted molar refractivity (Wildman–Crippen MR) is 140 cm³/mol. The van der Waals surface area contributed by atoms with Gasteiger partial charge >= 0.3 is 0 Å². The van der Waals surface area contributed by atoms with Gasteiger partial charge < -0.3 is 4.90 Å². The molecule has 2 N–H and O–H groups in total. The Balaban J connectivity index is 1.41. The standard InChI is InChI=1S/C27H27ClN7/c1-34(2)16-17-11-19(12-17)26-25-15-30-9-10-35(25,29)27(33-26)20-14-24-18(13-21(20)28)6-7-23(32-24)22-5-3-4-8-31-22/h3-10,13-15,17,19H,11-12,16,29H2,1-2H3/q+1. The highest BCUT2D eigenvalue weighted by Gasteiger charge is 2.48. The highest BCUT2D eigenvalue weighted by Crippen LogP contribution is 2.45. The number of nitrogens with zero attached hydrogens (tertiary/aromatic N) is 6. The van der Waals surface area contributed by atoms with Crippen LogP contribution >= 0.6 is 11.6 Å². The lowest BCUT2D eigenvalue weighted by Gasteiger charge is -2.36. The maximum Gasteiger partial charge on any atom is 0.266 e. The van der Waals surface area contributed by atoms with Crippen LogP contribution in [0.15, 0.2) is 82.4 Å². The first-order chi connectivity index (χ1) is 16.9. The fourth-order valence-corrected chi connectivity index (χ4v) is 5.54. The van der Waals surface area contributed by atoms with Crippen molar-refractivity contribution in [1.82, 2.24) is 14.9 Å². The summed E-state index contributed by atoms with van der Waals surface area (Å²) < 4.78 is -0.0289. The number of benzene rings is 1. The molecule has 0 saturated heterocycles. The lowest BCUT2D eigenvalue weighted by atomic mass is 9.72. The number of quaternary nitrogens is 1. The molecule has 7 nitrogen and oxygen atoms in total. The van der Waals surface area contributed by atoms with E-state index in [1.54, 1.807) is 12.4 Å². The number of pyridine rings is 2. The van der Waals surface area contributed by atoms with Gasteiger partial charge in [-0.25, -0.2) is 4.98 Å². The number of rotatable bonds is 5. The monoisotopic (exact) mass is 484 g/mol. The Morgan fingerprint density at radius 3 is 2.74 bits per heavy atom. The van der Waals surface area contributed by atoms with Crippen molar-refractivity contribution in [3.63, 3.8) is 0 Å². The van der Waals surface area contributed by atoms with E-state index in [1.165, 1.54) is 0 Å². The van der Waals surface area contributed by atoms with Gasteiger partial charge in [-0.1, -0.05) is 23.7 Å². The molecule has 1 saturated carbocycles. The van der Waals surface area contributed by atoms with E-state index in [2.05, 4.69) is 29.0 Å². The molecule has 1 atom stereocenters. The quantitative estimate of drug-likeness (QED) is 0.418. The molecule has 3 aromatic rings. The number of fused-ring (bicyclic) bond motifs is 2. The number of allylic oxidation sites excluding steroid dienone is 2. The van der Waals surface area contributed by atoms with Crippen LogP contribution < -0.4 is 5.84 Å². The van der Waals surface area contributed by atoms with Crippen molar-refractivity contribution in [2.45, 2.75) is 12.8 Å². The molecule has 2 aliphatic heterocycles. The van der Waals surface area contributed by atoms with Crippen LogP contribution in [-0.2, 0) is 0 Å². The van der Waals surface area contributed by atoms with Crippen molar-refractivity contribution in [2.75, 3.05) is 20.6 Å². The van der Waals surface area contributed by atoms with Crippen LogP contribution in [0.3, 0.4) is 0 Å². The van der Waals surface area contributed by atoms with Gasteiger partial charge in [-0.3, -0.25) is 9.98 Å². The van der Waals surface area contributed by atoms with E-state index < -0.39 is 0 Å². The van der Waals surface area contributed by atoms with Gasteiger partial charge in [-0.15, -0.1) is 4.59 Å². The van der Waals surface area contributed by atoms with Gasteiger partial charge in [-0.05, 0) is 63.2 Å². The Kier molecular flexibility index (Phi) is 5.38. The van der Waals surface area contributed by atoms with Crippen LogP contribution in [0, 0.1) is 11.8 Å². The molecule has 1 aliphatic carbocycles. The first-order valence-corrected chi connectivity index (χ1v) is 12.2. The van der Waals surface area contributed by atoms with Gasteiger partial charge in [0, 0.05) is 24.0 Å². The van der Waals surface area contributed by atoms with E-state index in [1.807, 2.05) is 54.9 Å². The van der Waals surface area contributed by atoms with Crippen molar-refractivity contribution < 1.29 is 4.59 Å². The number of halogens is 1. The Bertz CT molecular complexity index is 1430. The summed E-state index contributed by atoms with van der Waals surface area (Å²) in [4.78, 5) is 21.1. The van der Waals surface area contributed by atoms with Crippen LogP contribution in [0.25, 0.3) is 22.3 Å². The summed E-state index contributed by atoms with van der Waals surface area (Å²) in [6, 6.07) is 13.7. The average molecular weight is 485 g/mol. The van der Waals surface area contributed by atoms with Crippen molar-refractivity contribution in [1.29, 1.82) is 0 Å². The SMILES string of the molecule is CN(C)CC1CC(C2=C3C=NC=C[N+]3(N)C(c3cc4nc(-c5ccccn5)ccc4cc3Cl)=N2)C1. The second kappa shape index (κ2) is 8.46. The molecule has 35 heavy (non-hydrogen) atoms. The van der Waals surface area contributed by atoms with Crippen LogP contribution in [0.1, 0.15) is 18.4 Å². The third-order valence-corrected chi connectivity index (χ3v) is 7.33. The van der Waals surface area contributed by atoms with Crippen molar-refractivity contribution in [3.05, 3.63) is 83.0 Å². The summed E-state index contributed by atoms with van der Waals surface area (Å²) in [5, 5.41) is 1.55. The highest BCUT2D eigenvalue weighted by atomic mass is 35.5. The summed E-state index contributed by atoms with van der Waals surface area (Å²) in [7, 11) is 4.24. The van der Waals surface area contributed by atoms with E-state index >= 15 is 0 Å². The molecule has 8 heteroatoms. The molecule has 0 amide bonds. The minimum Gasteiger partial charge on any atom is -0.309 e. The molecule has 176 valence electrons. The number of amidine groups is 1. The fraction of sp³-hybridized carbons (Fsp3) is 0.259. The van der Waals surface area contributed by atoms with Gasteiger partial charge in [0.1, 0.15) is 11.9 Å². The lowest BCUT2D eigenvalue weighted by Crippen LogP contribution is -2.53. The normalized spacial score (nSPS) is 25.2. The maximum atomic E-state index is 6.97. The Morgan fingerprint density at radius 2 is 1.97 bits per heavy atom. The zero-order valence-electron chi connectivity index (χ0n) is 19.8. The topological polar surface area (TPSA) is 79.8 Å². The van der Waals surface area contributed by atoms with E-state index in [0.29, 0.717) is 22.7 Å². The average Bonchev–Trinajstić information content (AvgIpc) is 3.13. The summed E-state index contributed by atoms with van der Waals surface area (Å²) in [6.45, 7) is 1.09. The summed E-state index contributed by atoms with van der Waals surface area (Å²) in [5.74, 6) is 8.72. The molecule has 0 bridgehead atoms. The highest BCUT2D eigenvalue weighted by molar-refractivity contribution is 6.34. The minimum absolute atomic E-state index is 0.0289. The van der Waals surface area contributed by atoms with Crippen LogP contribution in [0.2, 0.25) is 5.02 Å². The second-order valence-corrected chi connectivity index (χ2v) is 10.2. The molecule has 4 heterocycles. The largest absolute Gasteiger partial charge is 0.309 e. The van der Waals surface area contributed by atoms with Crippen LogP contribution in [0.4, 0.5) is 0 Å². The summed E-state index contributed by atoms with van der Waals surface area (Å²) >= 11 is 6.82. The molecular weight excluding hydrogens is 458 g/mol. The second-order valence-electron chi connectivity index (χ2n) is 9.79. The molecule has 1 unspecified atom stereocenters. The molecular formula is C27H27ClN7+. The lowest BCUT2D eigenvalue weighted by molar-refractivity contribution is -0.750. The first-order valence-electron chi connectivity index (χ1n) is 11.8. The molecule has 6 rings (SSSR count). The fourth-order valence-electron chi connectivity index (χ4n) is 5.28. The molecule has 3 aliphatic rings. The van der Waals surface area contributed by atoms with E-state index in [9.17, 15) is 0 Å². The summed E-state index contributed by atoms with van der Waals surface area (Å²) in [6.07, 6.45) is 9.42. The smallest absolute Gasteiger partial charge is 0.266 e. The van der Waals surface area contributed by atoms with Gasteiger partial charge in [0.2, 0.25) is 5.70 Å². The number of aromatic nitrogens is 2. The van der Waals surface area contributed by atoms with Gasteiger partial charge in [0.05, 0.1) is 39.9 Å². The van der Waals surface area contributed by atoms with Gasteiger partial charge in [0.15, 0.2) is 0 Å². The Morgan fingerprint density at radius 1 is 1.11 bits per heavy atom. The van der Waals surface area contributed by atoms with Crippen molar-refractivity contribution in [2.24, 2.45) is 27.7 Å². The number of aliphatic imine (C=N–C) groups is 2. The number of nitrogens with two attached hydrogens (primary N) is 1. The van der Waals surface area contributed by atoms with E-state index in [0.717, 1.165) is 58.6 Å². The first kappa shape index (κ1) is 22.2. The third kappa shape index (κ3) is 3.81. The Hall–Kier alpha value is -3.23. The zero-order valence-corrected chi connectivity index (χ0v) is 20.5. The minimum atomic E-state index is -0.0289.